The van der Waals surface area contributed by atoms with Crippen LogP contribution in [-0.2, 0) is 10.0 Å². The molecule has 0 radical (unpaired) electrons. The number of carbonyl (C=O) groups excluding carboxylic acids is 1. The van der Waals surface area contributed by atoms with Crippen molar-refractivity contribution in [1.29, 1.82) is 0 Å². The van der Waals surface area contributed by atoms with Crippen LogP contribution in [0.1, 0.15) is 23.2 Å². The number of piperidine rings is 1. The second-order valence-corrected chi connectivity index (χ2v) is 9.02. The molecular weight excluding hydrogens is 358 g/mol. The van der Waals surface area contributed by atoms with Crippen molar-refractivity contribution < 1.29 is 13.2 Å². The molecule has 0 saturated carbocycles. The summed E-state index contributed by atoms with van der Waals surface area (Å²) in [5.41, 5.74) is 0.960. The molecule has 2 aromatic rings. The topological polar surface area (TPSA) is 78.5 Å². The van der Waals surface area contributed by atoms with Crippen molar-refractivity contribution in [3.05, 3.63) is 47.3 Å². The van der Waals surface area contributed by atoms with Crippen LogP contribution in [-0.4, -0.2) is 45.4 Å². The molecule has 0 atom stereocenters. The highest BCUT2D eigenvalue weighted by molar-refractivity contribution is 7.94. The fraction of sp³-hybridized carbons (Fsp3) is 0.353. The molecule has 1 aromatic heterocycles. The van der Waals surface area contributed by atoms with Gasteiger partial charge < -0.3 is 10.2 Å². The molecule has 1 aromatic carbocycles. The van der Waals surface area contributed by atoms with Crippen molar-refractivity contribution in [2.75, 3.05) is 24.9 Å². The van der Waals surface area contributed by atoms with E-state index in [1.54, 1.807) is 41.8 Å². The average molecular weight is 380 g/mol. The van der Waals surface area contributed by atoms with Gasteiger partial charge in [0.05, 0.1) is 0 Å². The Morgan fingerprint density at radius 3 is 2.44 bits per heavy atom. The molecule has 2 heterocycles. The predicted molar refractivity (Wildman–Crippen MR) is 99.6 cm³/mol. The number of nitrogens with zero attached hydrogens (tertiary/aromatic N) is 1. The predicted octanol–water partition coefficient (Wildman–Crippen LogP) is 2.37. The highest BCUT2D eigenvalue weighted by Gasteiger charge is 2.19. The number of sulfonamides is 1. The first-order chi connectivity index (χ1) is 11.9. The zero-order valence-corrected chi connectivity index (χ0v) is 15.6. The van der Waals surface area contributed by atoms with Gasteiger partial charge in [-0.2, -0.15) is 0 Å². The van der Waals surface area contributed by atoms with Gasteiger partial charge in [-0.25, -0.2) is 8.42 Å². The van der Waals surface area contributed by atoms with Crippen LogP contribution in [0.4, 0.5) is 5.69 Å². The van der Waals surface area contributed by atoms with E-state index < -0.39 is 10.0 Å². The zero-order valence-electron chi connectivity index (χ0n) is 13.9. The van der Waals surface area contributed by atoms with Gasteiger partial charge in [0.2, 0.25) is 0 Å². The molecule has 134 valence electrons. The van der Waals surface area contributed by atoms with Crippen molar-refractivity contribution >= 4 is 33.0 Å². The standard InChI is InChI=1S/C17H21N3O3S2/c1-20-10-8-14(9-11-20)18-17(21)13-4-6-15(7-5-13)19-25(22,23)16-3-2-12-24-16/h2-7,12,14,19H,8-11H2,1H3,(H,18,21). The van der Waals surface area contributed by atoms with Gasteiger partial charge in [0.25, 0.3) is 15.9 Å². The van der Waals surface area contributed by atoms with E-state index in [0.717, 1.165) is 37.3 Å². The first-order valence-corrected chi connectivity index (χ1v) is 10.5. The van der Waals surface area contributed by atoms with E-state index in [9.17, 15) is 13.2 Å². The second kappa shape index (κ2) is 7.55. The highest BCUT2D eigenvalue weighted by Crippen LogP contribution is 2.20. The molecule has 0 spiro atoms. The number of thiophene rings is 1. The summed E-state index contributed by atoms with van der Waals surface area (Å²) >= 11 is 1.16. The summed E-state index contributed by atoms with van der Waals surface area (Å²) in [6.45, 7) is 1.96. The van der Waals surface area contributed by atoms with Crippen molar-refractivity contribution in [3.8, 4) is 0 Å². The lowest BCUT2D eigenvalue weighted by molar-refractivity contribution is 0.0917. The van der Waals surface area contributed by atoms with Gasteiger partial charge in [0.1, 0.15) is 4.21 Å². The van der Waals surface area contributed by atoms with Crippen LogP contribution in [0, 0.1) is 0 Å². The number of hydrogen-bond acceptors (Lipinski definition) is 5. The van der Waals surface area contributed by atoms with Gasteiger partial charge in [-0.05, 0) is 68.7 Å². The minimum absolute atomic E-state index is 0.123. The number of carbonyl (C=O) groups is 1. The van der Waals surface area contributed by atoms with Crippen LogP contribution < -0.4 is 10.0 Å². The quantitative estimate of drug-likeness (QED) is 0.836. The summed E-state index contributed by atoms with van der Waals surface area (Å²) in [5.74, 6) is -0.123. The normalized spacial score (nSPS) is 16.5. The Kier molecular flexibility index (Phi) is 5.41. The van der Waals surface area contributed by atoms with Gasteiger partial charge in [-0.15, -0.1) is 11.3 Å². The number of rotatable bonds is 5. The molecule has 3 rings (SSSR count). The number of anilines is 1. The Bertz CT molecular complexity index is 809. The third-order valence-electron chi connectivity index (χ3n) is 4.21. The molecule has 1 amide bonds. The average Bonchev–Trinajstić information content (AvgIpc) is 3.13. The second-order valence-electron chi connectivity index (χ2n) is 6.17. The Hall–Kier alpha value is -1.90. The van der Waals surface area contributed by atoms with Crippen LogP contribution in [0.2, 0.25) is 0 Å². The first kappa shape index (κ1) is 17.9. The van der Waals surface area contributed by atoms with Crippen LogP contribution >= 0.6 is 11.3 Å². The van der Waals surface area contributed by atoms with E-state index in [2.05, 4.69) is 22.0 Å². The van der Waals surface area contributed by atoms with Crippen LogP contribution in [0.15, 0.2) is 46.0 Å². The number of benzene rings is 1. The third-order valence-corrected chi connectivity index (χ3v) is 6.99. The van der Waals surface area contributed by atoms with E-state index in [0.29, 0.717) is 11.3 Å². The largest absolute Gasteiger partial charge is 0.349 e. The fourth-order valence-corrected chi connectivity index (χ4v) is 4.78. The Labute approximate surface area is 151 Å². The van der Waals surface area contributed by atoms with E-state index >= 15 is 0 Å². The minimum atomic E-state index is -3.57. The molecule has 25 heavy (non-hydrogen) atoms. The Morgan fingerprint density at radius 1 is 1.16 bits per heavy atom. The maximum absolute atomic E-state index is 12.3. The summed E-state index contributed by atoms with van der Waals surface area (Å²) in [7, 11) is -1.49. The molecule has 6 nitrogen and oxygen atoms in total. The van der Waals surface area contributed by atoms with Gasteiger partial charge in [0.15, 0.2) is 0 Å². The van der Waals surface area contributed by atoms with E-state index in [1.165, 1.54) is 0 Å². The number of nitrogens with one attached hydrogen (secondary N) is 2. The maximum Gasteiger partial charge on any atom is 0.271 e. The van der Waals surface area contributed by atoms with Gasteiger partial charge in [0, 0.05) is 17.3 Å². The molecule has 2 N–H and O–H groups in total. The van der Waals surface area contributed by atoms with Crippen molar-refractivity contribution in [2.45, 2.75) is 23.1 Å². The minimum Gasteiger partial charge on any atom is -0.349 e. The fourth-order valence-electron chi connectivity index (χ4n) is 2.73. The molecule has 1 fully saturated rings. The molecule has 0 unspecified atom stereocenters. The molecular formula is C17H21N3O3S2. The van der Waals surface area contributed by atoms with E-state index in [-0.39, 0.29) is 16.2 Å². The van der Waals surface area contributed by atoms with Crippen LogP contribution in [0.5, 0.6) is 0 Å². The maximum atomic E-state index is 12.3. The summed E-state index contributed by atoms with van der Waals surface area (Å²) in [4.78, 5) is 14.6. The summed E-state index contributed by atoms with van der Waals surface area (Å²) in [6, 6.07) is 9.92. The SMILES string of the molecule is CN1CCC(NC(=O)c2ccc(NS(=O)(=O)c3cccs3)cc2)CC1. The molecule has 0 bridgehead atoms. The Morgan fingerprint density at radius 2 is 1.84 bits per heavy atom. The Balaban J connectivity index is 1.61. The third kappa shape index (κ3) is 4.59. The van der Waals surface area contributed by atoms with E-state index in [4.69, 9.17) is 0 Å². The van der Waals surface area contributed by atoms with E-state index in [1.807, 2.05) is 0 Å². The molecule has 1 saturated heterocycles. The number of amides is 1. The van der Waals surface area contributed by atoms with Gasteiger partial charge >= 0.3 is 0 Å². The smallest absolute Gasteiger partial charge is 0.271 e. The lowest BCUT2D eigenvalue weighted by Crippen LogP contribution is -2.43. The number of likely N-dealkylation sites (tertiary alicyclic amines) is 1. The molecule has 0 aliphatic carbocycles. The van der Waals surface area contributed by atoms with Crippen molar-refractivity contribution in [1.82, 2.24) is 10.2 Å². The van der Waals surface area contributed by atoms with Gasteiger partial charge in [-0.3, -0.25) is 9.52 Å². The number of hydrogen-bond donors (Lipinski definition) is 2. The summed E-state index contributed by atoms with van der Waals surface area (Å²) in [6.07, 6.45) is 1.89. The molecule has 1 aliphatic heterocycles. The zero-order chi connectivity index (χ0) is 17.9. The van der Waals surface area contributed by atoms with Crippen LogP contribution in [0.3, 0.4) is 0 Å². The van der Waals surface area contributed by atoms with Crippen LogP contribution in [0.25, 0.3) is 0 Å². The monoisotopic (exact) mass is 379 g/mol. The summed E-state index contributed by atoms with van der Waals surface area (Å²) < 4.78 is 27.2. The lowest BCUT2D eigenvalue weighted by atomic mass is 10.0. The summed E-state index contributed by atoms with van der Waals surface area (Å²) in [5, 5.41) is 4.76. The molecule has 1 aliphatic rings. The van der Waals surface area contributed by atoms with Crippen molar-refractivity contribution in [2.24, 2.45) is 0 Å². The molecule has 8 heteroatoms. The van der Waals surface area contributed by atoms with Gasteiger partial charge in [-0.1, -0.05) is 6.07 Å². The first-order valence-electron chi connectivity index (χ1n) is 8.10. The van der Waals surface area contributed by atoms with Crippen molar-refractivity contribution in [3.63, 3.8) is 0 Å². The lowest BCUT2D eigenvalue weighted by Gasteiger charge is -2.29. The highest BCUT2D eigenvalue weighted by atomic mass is 32.2.